The maximum Gasteiger partial charge on any atom is 0.344 e. The summed E-state index contributed by atoms with van der Waals surface area (Å²) >= 11 is 6.06. The number of hydrogen-bond donors (Lipinski definition) is 1. The molecule has 4 rings (SSSR count). The fourth-order valence-electron chi connectivity index (χ4n) is 4.28. The lowest BCUT2D eigenvalue weighted by Crippen LogP contribution is -2.28. The molecule has 30 heavy (non-hydrogen) atoms. The van der Waals surface area contributed by atoms with Gasteiger partial charge in [0.05, 0.1) is 28.0 Å². The van der Waals surface area contributed by atoms with Gasteiger partial charge in [-0.25, -0.2) is 4.79 Å². The lowest BCUT2D eigenvalue weighted by molar-refractivity contribution is -0.386. The smallest absolute Gasteiger partial charge is 0.344 e. The first-order valence-electron chi connectivity index (χ1n) is 9.16. The second kappa shape index (κ2) is 7.21. The number of nitro benzene ring substituents is 1. The summed E-state index contributed by atoms with van der Waals surface area (Å²) in [5.74, 6) is -3.19. The number of hydrogen-bond acceptors (Lipinski definition) is 7. The molecule has 1 N–H and O–H groups in total. The lowest BCUT2D eigenvalue weighted by Gasteiger charge is -2.13. The first kappa shape index (κ1) is 20.0. The lowest BCUT2D eigenvalue weighted by atomic mass is 9.85. The van der Waals surface area contributed by atoms with E-state index in [0.29, 0.717) is 0 Å². The van der Waals surface area contributed by atoms with E-state index in [1.165, 1.54) is 13.0 Å². The van der Waals surface area contributed by atoms with Gasteiger partial charge >= 0.3 is 11.7 Å². The highest BCUT2D eigenvalue weighted by atomic mass is 35.5. The number of fused-ring (bicyclic) bond motifs is 5. The molecule has 2 amide bonds. The molecule has 2 bridgehead atoms. The molecule has 1 aromatic carbocycles. The van der Waals surface area contributed by atoms with Crippen molar-refractivity contribution >= 4 is 41.3 Å². The van der Waals surface area contributed by atoms with Crippen molar-refractivity contribution in [1.82, 2.24) is 5.01 Å². The summed E-state index contributed by atoms with van der Waals surface area (Å²) in [7, 11) is 0. The predicted molar refractivity (Wildman–Crippen MR) is 103 cm³/mol. The molecule has 5 atom stereocenters. The van der Waals surface area contributed by atoms with Crippen LogP contribution in [-0.4, -0.2) is 45.1 Å². The number of nitrogens with zero attached hydrogens (tertiary/aromatic N) is 3. The van der Waals surface area contributed by atoms with Gasteiger partial charge in [0.15, 0.2) is 6.10 Å². The summed E-state index contributed by atoms with van der Waals surface area (Å²) in [5, 5.41) is 24.9. The molecule has 1 saturated carbocycles. The number of benzene rings is 1. The molecule has 3 aliphatic rings. The fraction of sp³-hybridized carbons (Fsp3) is 0.368. The third kappa shape index (κ3) is 3.13. The van der Waals surface area contributed by atoms with E-state index in [1.807, 2.05) is 12.2 Å². The molecule has 156 valence electrons. The molecule has 10 nitrogen and oxygen atoms in total. The van der Waals surface area contributed by atoms with Crippen LogP contribution in [0.5, 0.6) is 5.75 Å². The Bertz CT molecular complexity index is 1010. The second-order valence-electron chi connectivity index (χ2n) is 7.44. The minimum absolute atomic E-state index is 0.0415. The Hall–Kier alpha value is -3.27. The highest BCUT2D eigenvalue weighted by molar-refractivity contribution is 6.32. The molecule has 1 saturated heterocycles. The van der Waals surface area contributed by atoms with Gasteiger partial charge in [0.1, 0.15) is 0 Å². The van der Waals surface area contributed by atoms with Gasteiger partial charge in [-0.2, -0.15) is 10.1 Å². The molecule has 1 aromatic rings. The summed E-state index contributed by atoms with van der Waals surface area (Å²) in [6.45, 7) is 1.21. The van der Waals surface area contributed by atoms with E-state index in [2.05, 4.69) is 5.10 Å². The van der Waals surface area contributed by atoms with Gasteiger partial charge in [0.25, 0.3) is 11.8 Å². The maximum absolute atomic E-state index is 12.6. The van der Waals surface area contributed by atoms with Crippen LogP contribution in [0.4, 0.5) is 5.69 Å². The Balaban J connectivity index is 1.60. The third-order valence-electron chi connectivity index (χ3n) is 5.65. The second-order valence-corrected chi connectivity index (χ2v) is 7.85. The van der Waals surface area contributed by atoms with Crippen LogP contribution in [-0.2, 0) is 14.4 Å². The van der Waals surface area contributed by atoms with Crippen molar-refractivity contribution in [3.05, 3.63) is 45.0 Å². The molecule has 2 fully saturated rings. The zero-order chi connectivity index (χ0) is 21.7. The first-order chi connectivity index (χ1) is 14.2. The first-order valence-corrected chi connectivity index (χ1v) is 9.54. The average Bonchev–Trinajstić information content (AvgIpc) is 3.36. The quantitative estimate of drug-likeness (QED) is 0.238. The summed E-state index contributed by atoms with van der Waals surface area (Å²) in [6.07, 6.45) is 4.50. The normalized spacial score (nSPS) is 27.7. The summed E-state index contributed by atoms with van der Waals surface area (Å²) in [6, 6.07) is 2.36. The molecular weight excluding hydrogens is 418 g/mol. The predicted octanol–water partition coefficient (Wildman–Crippen LogP) is 2.24. The molecule has 11 heteroatoms. The van der Waals surface area contributed by atoms with Crippen LogP contribution in [0.1, 0.15) is 18.9 Å². The zero-order valence-corrected chi connectivity index (χ0v) is 16.4. The van der Waals surface area contributed by atoms with Crippen molar-refractivity contribution in [3.8, 4) is 5.75 Å². The molecular formula is C19H16ClN3O7. The Kier molecular flexibility index (Phi) is 4.81. The number of halogens is 1. The number of aliphatic carboxylic acids is 1. The van der Waals surface area contributed by atoms with Crippen LogP contribution in [0.2, 0.25) is 5.02 Å². The fourth-order valence-corrected chi connectivity index (χ4v) is 4.55. The van der Waals surface area contributed by atoms with E-state index in [1.54, 1.807) is 0 Å². The van der Waals surface area contributed by atoms with Crippen molar-refractivity contribution in [3.63, 3.8) is 0 Å². The number of carboxylic acids is 1. The van der Waals surface area contributed by atoms with Crippen LogP contribution in [0.15, 0.2) is 29.4 Å². The van der Waals surface area contributed by atoms with Gasteiger partial charge in [-0.15, -0.1) is 0 Å². The Morgan fingerprint density at radius 1 is 1.33 bits per heavy atom. The number of carboxylic acid groups (broad SMARTS) is 1. The molecule has 2 aliphatic carbocycles. The molecule has 0 spiro atoms. The van der Waals surface area contributed by atoms with Gasteiger partial charge in [-0.1, -0.05) is 23.8 Å². The van der Waals surface area contributed by atoms with Gasteiger partial charge in [-0.3, -0.25) is 19.7 Å². The number of imide groups is 1. The summed E-state index contributed by atoms with van der Waals surface area (Å²) in [4.78, 5) is 46.9. The average molecular weight is 434 g/mol. The number of amides is 2. The van der Waals surface area contributed by atoms with E-state index in [4.69, 9.17) is 21.4 Å². The van der Waals surface area contributed by atoms with Gasteiger partial charge in [0, 0.05) is 11.6 Å². The highest BCUT2D eigenvalue weighted by Crippen LogP contribution is 2.52. The molecule has 0 unspecified atom stereocenters. The van der Waals surface area contributed by atoms with E-state index in [-0.39, 0.29) is 40.0 Å². The Labute approximate surface area is 174 Å². The van der Waals surface area contributed by atoms with Crippen LogP contribution < -0.4 is 4.74 Å². The SMILES string of the molecule is C[C@H](Oc1c(Cl)cc(C=NN2C(=O)[C@@H]3[C@H](C2=O)[C@H]2C=C[C@H]3C2)cc1[N+](=O)[O-])C(=O)O. The third-order valence-corrected chi connectivity index (χ3v) is 5.94. The number of carbonyl (C=O) groups is 3. The number of ether oxygens (including phenoxy) is 1. The van der Waals surface area contributed by atoms with Gasteiger partial charge in [0.2, 0.25) is 5.75 Å². The number of allylic oxidation sites excluding steroid dienone is 2. The molecule has 0 aromatic heterocycles. The van der Waals surface area contributed by atoms with E-state index in [9.17, 15) is 24.5 Å². The van der Waals surface area contributed by atoms with Gasteiger partial charge in [-0.05, 0) is 31.2 Å². The van der Waals surface area contributed by atoms with Crippen LogP contribution in [0, 0.1) is 33.8 Å². The van der Waals surface area contributed by atoms with Crippen molar-refractivity contribution in [2.45, 2.75) is 19.4 Å². The number of rotatable bonds is 6. The van der Waals surface area contributed by atoms with E-state index < -0.39 is 34.5 Å². The highest BCUT2D eigenvalue weighted by Gasteiger charge is 2.59. The summed E-state index contributed by atoms with van der Waals surface area (Å²) < 4.78 is 5.10. The maximum atomic E-state index is 12.6. The van der Waals surface area contributed by atoms with Crippen LogP contribution >= 0.6 is 11.6 Å². The number of carbonyl (C=O) groups excluding carboxylic acids is 2. The monoisotopic (exact) mass is 433 g/mol. The molecule has 1 aliphatic heterocycles. The van der Waals surface area contributed by atoms with Crippen LogP contribution in [0.3, 0.4) is 0 Å². The molecule has 0 radical (unpaired) electrons. The van der Waals surface area contributed by atoms with Crippen molar-refractivity contribution in [2.75, 3.05) is 0 Å². The van der Waals surface area contributed by atoms with Crippen LogP contribution in [0.25, 0.3) is 0 Å². The minimum Gasteiger partial charge on any atom is -0.479 e. The van der Waals surface area contributed by atoms with Crippen molar-refractivity contribution in [1.29, 1.82) is 0 Å². The molecule has 1 heterocycles. The van der Waals surface area contributed by atoms with E-state index in [0.717, 1.165) is 23.7 Å². The standard InChI is InChI=1S/C19H16ClN3O7/c1-8(19(26)27)30-16-12(20)4-9(5-13(16)23(28)29)7-21-22-17(24)14-10-2-3-11(6-10)15(14)18(22)25/h2-5,7-8,10-11,14-15H,6H2,1H3,(H,26,27)/t8-,10-,11-,14-,15+/m0/s1. The number of hydrazone groups is 1. The summed E-state index contributed by atoms with van der Waals surface area (Å²) in [5.41, 5.74) is -0.406. The van der Waals surface area contributed by atoms with E-state index >= 15 is 0 Å². The minimum atomic E-state index is -1.36. The van der Waals surface area contributed by atoms with Crippen molar-refractivity contribution in [2.24, 2.45) is 28.8 Å². The topological polar surface area (TPSA) is 139 Å². The number of nitro groups is 1. The van der Waals surface area contributed by atoms with Gasteiger partial charge < -0.3 is 9.84 Å². The zero-order valence-electron chi connectivity index (χ0n) is 15.6. The largest absolute Gasteiger partial charge is 0.479 e. The Morgan fingerprint density at radius 3 is 2.47 bits per heavy atom. The Morgan fingerprint density at radius 2 is 1.93 bits per heavy atom. The van der Waals surface area contributed by atoms with Crippen molar-refractivity contribution < 1.29 is 29.2 Å².